The number of nitrogens with zero attached hydrogens (tertiary/aromatic N) is 3. The minimum atomic E-state index is -0.523. The fourth-order valence-corrected chi connectivity index (χ4v) is 5.09. The van der Waals surface area contributed by atoms with Crippen LogP contribution >= 0.6 is 0 Å². The van der Waals surface area contributed by atoms with Gasteiger partial charge in [-0.1, -0.05) is 36.4 Å². The Morgan fingerprint density at radius 2 is 2.03 bits per heavy atom. The molecule has 1 aliphatic rings. The van der Waals surface area contributed by atoms with Crippen LogP contribution in [0.4, 0.5) is 0 Å². The van der Waals surface area contributed by atoms with Crippen molar-refractivity contribution in [2.75, 3.05) is 6.54 Å². The molecular formula is C28H30N4O2. The highest BCUT2D eigenvalue weighted by Gasteiger charge is 2.28. The van der Waals surface area contributed by atoms with E-state index in [4.69, 9.17) is 5.21 Å². The Labute approximate surface area is 199 Å². The summed E-state index contributed by atoms with van der Waals surface area (Å²) in [5, 5.41) is 9.98. The number of hydrogen-bond donors (Lipinski definition) is 2. The van der Waals surface area contributed by atoms with E-state index in [0.29, 0.717) is 6.04 Å². The average Bonchev–Trinajstić information content (AvgIpc) is 3.58. The maximum absolute atomic E-state index is 11.3. The molecule has 6 nitrogen and oxygen atoms in total. The van der Waals surface area contributed by atoms with E-state index >= 15 is 0 Å². The first-order valence-electron chi connectivity index (χ1n) is 11.8. The second kappa shape index (κ2) is 9.71. The molecule has 174 valence electrons. The molecule has 5 rings (SSSR count). The van der Waals surface area contributed by atoms with Crippen molar-refractivity contribution in [2.45, 2.75) is 32.0 Å². The Morgan fingerprint density at radius 3 is 2.85 bits per heavy atom. The molecule has 0 radical (unpaired) electrons. The third kappa shape index (κ3) is 4.55. The molecule has 0 spiro atoms. The summed E-state index contributed by atoms with van der Waals surface area (Å²) < 4.78 is 4.55. The lowest BCUT2D eigenvalue weighted by Crippen LogP contribution is -2.31. The molecule has 1 aliphatic carbocycles. The highest BCUT2D eigenvalue weighted by molar-refractivity contribution is 5.90. The Balaban J connectivity index is 1.39. The van der Waals surface area contributed by atoms with E-state index < -0.39 is 5.91 Å². The fraction of sp³-hybridized carbons (Fsp3) is 0.250. The summed E-state index contributed by atoms with van der Waals surface area (Å²) >= 11 is 0. The molecule has 34 heavy (non-hydrogen) atoms. The predicted octanol–water partition coefficient (Wildman–Crippen LogP) is 4.69. The van der Waals surface area contributed by atoms with Crippen molar-refractivity contribution < 1.29 is 10.0 Å². The van der Waals surface area contributed by atoms with Crippen molar-refractivity contribution in [1.82, 2.24) is 19.5 Å². The van der Waals surface area contributed by atoms with Crippen LogP contribution in [0.3, 0.4) is 0 Å². The Bertz CT molecular complexity index is 1330. The van der Waals surface area contributed by atoms with Gasteiger partial charge in [-0.3, -0.25) is 14.9 Å². The molecule has 2 aromatic carbocycles. The van der Waals surface area contributed by atoms with Crippen molar-refractivity contribution in [3.05, 3.63) is 102 Å². The first-order valence-corrected chi connectivity index (χ1v) is 11.8. The lowest BCUT2D eigenvalue weighted by molar-refractivity contribution is -0.124. The van der Waals surface area contributed by atoms with Crippen LogP contribution in [0.2, 0.25) is 0 Å². The van der Waals surface area contributed by atoms with Gasteiger partial charge in [0.2, 0.25) is 0 Å². The van der Waals surface area contributed by atoms with E-state index in [1.807, 2.05) is 0 Å². The summed E-state index contributed by atoms with van der Waals surface area (Å²) in [4.78, 5) is 13.9. The lowest BCUT2D eigenvalue weighted by Gasteiger charge is -2.30. The predicted molar refractivity (Wildman–Crippen MR) is 134 cm³/mol. The number of aromatic nitrogens is 2. The molecule has 0 saturated heterocycles. The van der Waals surface area contributed by atoms with Gasteiger partial charge in [-0.15, -0.1) is 0 Å². The highest BCUT2D eigenvalue weighted by Crippen LogP contribution is 2.37. The minimum absolute atomic E-state index is 0.352. The number of carbonyl (C=O) groups excluding carboxylic acids is 1. The van der Waals surface area contributed by atoms with Gasteiger partial charge >= 0.3 is 0 Å². The van der Waals surface area contributed by atoms with E-state index in [0.717, 1.165) is 38.0 Å². The van der Waals surface area contributed by atoms with Gasteiger partial charge in [0, 0.05) is 62.4 Å². The fourth-order valence-electron chi connectivity index (χ4n) is 5.09. The number of nitrogens with one attached hydrogen (secondary N) is 1. The van der Waals surface area contributed by atoms with Crippen LogP contribution in [0, 0.1) is 0 Å². The van der Waals surface area contributed by atoms with Crippen LogP contribution in [0.25, 0.3) is 17.0 Å². The van der Waals surface area contributed by atoms with Gasteiger partial charge in [-0.25, -0.2) is 5.48 Å². The zero-order valence-electron chi connectivity index (χ0n) is 19.4. The lowest BCUT2D eigenvalue weighted by atomic mass is 10.0. The molecule has 1 amide bonds. The van der Waals surface area contributed by atoms with Crippen LogP contribution in [-0.2, 0) is 31.4 Å². The maximum Gasteiger partial charge on any atom is 0.267 e. The molecule has 1 unspecified atom stereocenters. The second-order valence-corrected chi connectivity index (χ2v) is 8.97. The van der Waals surface area contributed by atoms with Gasteiger partial charge in [0.15, 0.2) is 0 Å². The molecule has 1 atom stereocenters. The zero-order chi connectivity index (χ0) is 23.5. The molecular weight excluding hydrogens is 424 g/mol. The number of rotatable bonds is 8. The molecule has 2 heterocycles. The van der Waals surface area contributed by atoms with Crippen LogP contribution < -0.4 is 5.48 Å². The van der Waals surface area contributed by atoms with Crippen molar-refractivity contribution in [1.29, 1.82) is 0 Å². The van der Waals surface area contributed by atoms with Crippen LogP contribution in [0.5, 0.6) is 0 Å². The van der Waals surface area contributed by atoms with Crippen molar-refractivity contribution >= 4 is 22.9 Å². The number of hydrogen-bond acceptors (Lipinski definition) is 3. The molecule has 0 fully saturated rings. The monoisotopic (exact) mass is 454 g/mol. The number of amides is 1. The molecule has 0 aliphatic heterocycles. The number of aryl methyl sites for hydroxylation is 2. The summed E-state index contributed by atoms with van der Waals surface area (Å²) in [7, 11) is 2.11. The third-order valence-corrected chi connectivity index (χ3v) is 6.92. The van der Waals surface area contributed by atoms with E-state index in [-0.39, 0.29) is 0 Å². The molecule has 2 aromatic heterocycles. The van der Waals surface area contributed by atoms with Gasteiger partial charge in [0.1, 0.15) is 0 Å². The summed E-state index contributed by atoms with van der Waals surface area (Å²) in [5.74, 6) is -0.523. The van der Waals surface area contributed by atoms with Crippen molar-refractivity contribution in [2.24, 2.45) is 7.05 Å². The van der Waals surface area contributed by atoms with E-state index in [1.165, 1.54) is 33.8 Å². The van der Waals surface area contributed by atoms with Crippen LogP contribution in [0.15, 0.2) is 79.1 Å². The van der Waals surface area contributed by atoms with E-state index in [2.05, 4.69) is 94.1 Å². The maximum atomic E-state index is 11.3. The summed E-state index contributed by atoms with van der Waals surface area (Å²) in [6.07, 6.45) is 9.47. The normalized spacial score (nSPS) is 15.4. The van der Waals surface area contributed by atoms with Gasteiger partial charge in [-0.2, -0.15) is 0 Å². The molecule has 0 bridgehead atoms. The van der Waals surface area contributed by atoms with Crippen LogP contribution in [-0.4, -0.2) is 31.7 Å². The number of benzene rings is 2. The molecule has 6 heteroatoms. The Kier molecular flexibility index (Phi) is 6.34. The SMILES string of the molecule is Cn1cccc1CN(CCn1ccc2ccccc21)C1CCc2cc(/C=C/C(=O)NO)ccc21. The summed E-state index contributed by atoms with van der Waals surface area (Å²) in [6.45, 7) is 2.78. The first kappa shape index (κ1) is 22.2. The minimum Gasteiger partial charge on any atom is -0.353 e. The summed E-state index contributed by atoms with van der Waals surface area (Å²) in [5.41, 5.74) is 7.89. The van der Waals surface area contributed by atoms with Gasteiger partial charge in [-0.05, 0) is 65.3 Å². The largest absolute Gasteiger partial charge is 0.353 e. The quantitative estimate of drug-likeness (QED) is 0.231. The Morgan fingerprint density at radius 1 is 1.15 bits per heavy atom. The topological polar surface area (TPSA) is 62.4 Å². The molecule has 0 saturated carbocycles. The second-order valence-electron chi connectivity index (χ2n) is 8.97. The smallest absolute Gasteiger partial charge is 0.267 e. The third-order valence-electron chi connectivity index (χ3n) is 6.92. The molecule has 4 aromatic rings. The first-order chi connectivity index (χ1) is 16.6. The van der Waals surface area contributed by atoms with Gasteiger partial charge in [0.05, 0.1) is 0 Å². The summed E-state index contributed by atoms with van der Waals surface area (Å²) in [6, 6.07) is 21.8. The van der Waals surface area contributed by atoms with Gasteiger partial charge in [0.25, 0.3) is 5.91 Å². The van der Waals surface area contributed by atoms with E-state index in [9.17, 15) is 4.79 Å². The van der Waals surface area contributed by atoms with E-state index in [1.54, 1.807) is 11.6 Å². The zero-order valence-corrected chi connectivity index (χ0v) is 19.4. The van der Waals surface area contributed by atoms with Crippen molar-refractivity contribution in [3.8, 4) is 0 Å². The Hall–Kier alpha value is -3.61. The van der Waals surface area contributed by atoms with Crippen molar-refractivity contribution in [3.63, 3.8) is 0 Å². The highest BCUT2D eigenvalue weighted by atomic mass is 16.5. The molecule has 2 N–H and O–H groups in total. The standard InChI is InChI=1S/C28H30N4O2/c1-30-15-4-6-24(30)20-32(18-17-31-16-14-22-5-2-3-7-26(22)31)27-12-10-23-19-21(8-11-25(23)27)9-13-28(33)29-34/h2-9,11,13-16,19,27,34H,10,12,17-18,20H2,1H3,(H,29,33)/b13-9+. The average molecular weight is 455 g/mol. The van der Waals surface area contributed by atoms with Crippen LogP contribution in [0.1, 0.15) is 34.8 Å². The van der Waals surface area contributed by atoms with Gasteiger partial charge < -0.3 is 9.13 Å². The number of carbonyl (C=O) groups is 1. The number of fused-ring (bicyclic) bond motifs is 2. The number of para-hydroxylation sites is 1. The number of hydroxylamine groups is 1.